The van der Waals surface area contributed by atoms with Crippen LogP contribution in [0.25, 0.3) is 0 Å². The van der Waals surface area contributed by atoms with Crippen LogP contribution in [0.3, 0.4) is 0 Å². The molecule has 0 saturated carbocycles. The van der Waals surface area contributed by atoms with E-state index in [2.05, 4.69) is 4.72 Å². The van der Waals surface area contributed by atoms with Crippen molar-refractivity contribution in [1.29, 1.82) is 0 Å². The third-order valence-electron chi connectivity index (χ3n) is 3.89. The number of ether oxygens (including phenoxy) is 4. The number of methoxy groups -OCH3 is 2. The van der Waals surface area contributed by atoms with Crippen LogP contribution in [0.4, 0.5) is 0 Å². The van der Waals surface area contributed by atoms with Gasteiger partial charge in [0, 0.05) is 12.1 Å². The van der Waals surface area contributed by atoms with Gasteiger partial charge in [0.05, 0.1) is 14.2 Å². The fourth-order valence-electron chi connectivity index (χ4n) is 2.54. The number of sulfonamides is 1. The molecule has 0 spiro atoms. The lowest BCUT2D eigenvalue weighted by molar-refractivity contribution is 0.174. The molecule has 0 bridgehead atoms. The molecule has 0 aliphatic carbocycles. The zero-order valence-electron chi connectivity index (χ0n) is 14.1. The Bertz CT molecular complexity index is 881. The van der Waals surface area contributed by atoms with Crippen molar-refractivity contribution >= 4 is 10.0 Å². The second-order valence-corrected chi connectivity index (χ2v) is 7.15. The summed E-state index contributed by atoms with van der Waals surface area (Å²) in [7, 11) is -0.932. The van der Waals surface area contributed by atoms with Crippen molar-refractivity contribution in [2.45, 2.75) is 17.9 Å². The highest BCUT2D eigenvalue weighted by Gasteiger charge is 2.24. The fourth-order valence-corrected chi connectivity index (χ4v) is 3.96. The van der Waals surface area contributed by atoms with Crippen LogP contribution in [0.1, 0.15) is 18.5 Å². The van der Waals surface area contributed by atoms with Gasteiger partial charge >= 0.3 is 0 Å². The molecule has 7 nitrogen and oxygen atoms in total. The SMILES string of the molecule is COc1ccc(OC)c(S(=O)(=O)N[C@H](C)c2ccc3c(c2)OCO3)c1. The van der Waals surface area contributed by atoms with Crippen LogP contribution in [0.5, 0.6) is 23.0 Å². The van der Waals surface area contributed by atoms with Gasteiger partial charge in [0.15, 0.2) is 11.5 Å². The Morgan fingerprint density at radius 2 is 1.80 bits per heavy atom. The van der Waals surface area contributed by atoms with Gasteiger partial charge in [-0.2, -0.15) is 0 Å². The molecule has 25 heavy (non-hydrogen) atoms. The lowest BCUT2D eigenvalue weighted by Gasteiger charge is -2.17. The molecule has 1 atom stereocenters. The number of hydrogen-bond donors (Lipinski definition) is 1. The minimum absolute atomic E-state index is 0.0157. The highest BCUT2D eigenvalue weighted by molar-refractivity contribution is 7.89. The Morgan fingerprint density at radius 1 is 1.04 bits per heavy atom. The molecule has 134 valence electrons. The average molecular weight is 365 g/mol. The number of hydrogen-bond acceptors (Lipinski definition) is 6. The summed E-state index contributed by atoms with van der Waals surface area (Å²) < 4.78 is 49.1. The van der Waals surface area contributed by atoms with Gasteiger partial charge in [0.25, 0.3) is 0 Å². The molecule has 2 aromatic carbocycles. The average Bonchev–Trinajstić information content (AvgIpc) is 3.08. The van der Waals surface area contributed by atoms with Gasteiger partial charge in [-0.05, 0) is 36.8 Å². The highest BCUT2D eigenvalue weighted by atomic mass is 32.2. The maximum Gasteiger partial charge on any atom is 0.244 e. The van der Waals surface area contributed by atoms with E-state index in [0.717, 1.165) is 5.56 Å². The zero-order valence-corrected chi connectivity index (χ0v) is 14.9. The minimum atomic E-state index is -3.82. The molecule has 2 aromatic rings. The Hall–Kier alpha value is -2.45. The monoisotopic (exact) mass is 365 g/mol. The van der Waals surface area contributed by atoms with Crippen LogP contribution in [-0.2, 0) is 10.0 Å². The third-order valence-corrected chi connectivity index (χ3v) is 5.45. The van der Waals surface area contributed by atoms with Crippen molar-refractivity contribution < 1.29 is 27.4 Å². The van der Waals surface area contributed by atoms with Crippen molar-refractivity contribution in [3.63, 3.8) is 0 Å². The summed E-state index contributed by atoms with van der Waals surface area (Å²) in [4.78, 5) is 0.0157. The van der Waals surface area contributed by atoms with Gasteiger partial charge < -0.3 is 18.9 Å². The molecule has 8 heteroatoms. The first-order valence-electron chi connectivity index (χ1n) is 7.58. The van der Waals surface area contributed by atoms with E-state index in [1.54, 1.807) is 37.3 Å². The number of benzene rings is 2. The number of nitrogens with one attached hydrogen (secondary N) is 1. The summed E-state index contributed by atoms with van der Waals surface area (Å²) >= 11 is 0. The van der Waals surface area contributed by atoms with Crippen LogP contribution < -0.4 is 23.7 Å². The van der Waals surface area contributed by atoms with Crippen LogP contribution in [-0.4, -0.2) is 29.4 Å². The maximum absolute atomic E-state index is 12.8. The Kier molecular flexibility index (Phi) is 4.73. The van der Waals surface area contributed by atoms with Crippen molar-refractivity contribution in [3.05, 3.63) is 42.0 Å². The van der Waals surface area contributed by atoms with E-state index in [-0.39, 0.29) is 17.4 Å². The van der Waals surface area contributed by atoms with Crippen LogP contribution in [0.2, 0.25) is 0 Å². The molecule has 0 aromatic heterocycles. The molecule has 1 aliphatic heterocycles. The van der Waals surface area contributed by atoms with Gasteiger partial charge in [-0.25, -0.2) is 13.1 Å². The van der Waals surface area contributed by atoms with Crippen LogP contribution in [0, 0.1) is 0 Å². The van der Waals surface area contributed by atoms with Gasteiger partial charge in [-0.3, -0.25) is 0 Å². The van der Waals surface area contributed by atoms with Crippen molar-refractivity contribution in [2.75, 3.05) is 21.0 Å². The molecule has 0 amide bonds. The molecular weight excluding hydrogens is 346 g/mol. The quantitative estimate of drug-likeness (QED) is 0.847. The predicted octanol–water partition coefficient (Wildman–Crippen LogP) is 2.47. The molecule has 1 heterocycles. The summed E-state index contributed by atoms with van der Waals surface area (Å²) in [5.74, 6) is 1.92. The highest BCUT2D eigenvalue weighted by Crippen LogP contribution is 2.35. The van der Waals surface area contributed by atoms with E-state index in [4.69, 9.17) is 18.9 Å². The van der Waals surface area contributed by atoms with E-state index in [1.165, 1.54) is 20.3 Å². The summed E-state index contributed by atoms with van der Waals surface area (Å²) in [6.07, 6.45) is 0. The van der Waals surface area contributed by atoms with E-state index in [0.29, 0.717) is 17.2 Å². The second-order valence-electron chi connectivity index (χ2n) is 5.47. The van der Waals surface area contributed by atoms with Crippen LogP contribution >= 0.6 is 0 Å². The molecular formula is C17H19NO6S. The van der Waals surface area contributed by atoms with Gasteiger partial charge in [-0.1, -0.05) is 6.07 Å². The van der Waals surface area contributed by atoms with Crippen molar-refractivity contribution in [1.82, 2.24) is 4.72 Å². The fraction of sp³-hybridized carbons (Fsp3) is 0.294. The molecule has 0 saturated heterocycles. The standard InChI is InChI=1S/C17H19NO6S/c1-11(12-4-6-14-16(8-12)24-10-23-14)18-25(19,20)17-9-13(21-2)5-7-15(17)22-3/h4-9,11,18H,10H2,1-3H3/t11-/m1/s1. The Balaban J connectivity index is 1.88. The van der Waals surface area contributed by atoms with E-state index in [9.17, 15) is 8.42 Å². The molecule has 1 aliphatic rings. The van der Waals surface area contributed by atoms with Gasteiger partial charge in [-0.15, -0.1) is 0 Å². The molecule has 3 rings (SSSR count). The molecule has 0 radical (unpaired) electrons. The molecule has 0 unspecified atom stereocenters. The number of rotatable bonds is 6. The first-order valence-corrected chi connectivity index (χ1v) is 9.07. The Labute approximate surface area is 146 Å². The largest absolute Gasteiger partial charge is 0.497 e. The van der Waals surface area contributed by atoms with Gasteiger partial charge in [0.2, 0.25) is 16.8 Å². The van der Waals surface area contributed by atoms with Gasteiger partial charge in [0.1, 0.15) is 16.4 Å². The third kappa shape index (κ3) is 3.49. The van der Waals surface area contributed by atoms with Crippen molar-refractivity contribution in [2.24, 2.45) is 0 Å². The van der Waals surface area contributed by atoms with E-state index < -0.39 is 16.1 Å². The topological polar surface area (TPSA) is 83.1 Å². The summed E-state index contributed by atoms with van der Waals surface area (Å²) in [5.41, 5.74) is 0.759. The van der Waals surface area contributed by atoms with E-state index >= 15 is 0 Å². The molecule has 1 N–H and O–H groups in total. The summed E-state index contributed by atoms with van der Waals surface area (Å²) in [6.45, 7) is 1.92. The predicted molar refractivity (Wildman–Crippen MR) is 90.8 cm³/mol. The summed E-state index contributed by atoms with van der Waals surface area (Å²) in [6, 6.07) is 9.46. The lowest BCUT2D eigenvalue weighted by atomic mass is 10.1. The van der Waals surface area contributed by atoms with Crippen LogP contribution in [0.15, 0.2) is 41.3 Å². The van der Waals surface area contributed by atoms with E-state index in [1.807, 2.05) is 0 Å². The lowest BCUT2D eigenvalue weighted by Crippen LogP contribution is -2.27. The zero-order chi connectivity index (χ0) is 18.0. The first-order chi connectivity index (χ1) is 11.9. The normalized spacial score (nSPS) is 14.2. The molecule has 0 fully saturated rings. The first kappa shape index (κ1) is 17.4. The van der Waals surface area contributed by atoms with Crippen molar-refractivity contribution in [3.8, 4) is 23.0 Å². The second kappa shape index (κ2) is 6.81. The minimum Gasteiger partial charge on any atom is -0.497 e. The maximum atomic E-state index is 12.8. The Morgan fingerprint density at radius 3 is 2.52 bits per heavy atom. The number of fused-ring (bicyclic) bond motifs is 1. The smallest absolute Gasteiger partial charge is 0.244 e. The summed E-state index contributed by atoms with van der Waals surface area (Å²) in [5, 5.41) is 0.